The molecular weight excluding hydrogens is 542 g/mol. The summed E-state index contributed by atoms with van der Waals surface area (Å²) in [6.07, 6.45) is 4.15. The number of phenolic OH excluding ortho intramolecular Hbond substituents is 1. The van der Waals surface area contributed by atoms with E-state index in [1.807, 2.05) is 11.8 Å². The quantitative estimate of drug-likeness (QED) is 0.305. The Kier molecular flexibility index (Phi) is 8.22. The molecule has 0 atom stereocenters. The van der Waals surface area contributed by atoms with E-state index in [0.29, 0.717) is 57.9 Å². The van der Waals surface area contributed by atoms with E-state index >= 15 is 0 Å². The molecule has 2 aromatic heterocycles. The van der Waals surface area contributed by atoms with Crippen molar-refractivity contribution in [1.82, 2.24) is 25.2 Å². The minimum Gasteiger partial charge on any atom is -0.508 e. The van der Waals surface area contributed by atoms with E-state index in [-0.39, 0.29) is 11.7 Å². The van der Waals surface area contributed by atoms with Crippen LogP contribution in [-0.4, -0.2) is 96.0 Å². The van der Waals surface area contributed by atoms with Gasteiger partial charge in [0, 0.05) is 70.2 Å². The molecule has 2 N–H and O–H groups in total. The number of ether oxygens (including phenoxy) is 2. The summed E-state index contributed by atoms with van der Waals surface area (Å²) in [5.41, 5.74) is 3.85. The maximum atomic E-state index is 12.2. The maximum absolute atomic E-state index is 12.2. The van der Waals surface area contributed by atoms with Crippen molar-refractivity contribution in [2.75, 3.05) is 68.9 Å². The Balaban J connectivity index is 1.24. The molecule has 41 heavy (non-hydrogen) atoms. The summed E-state index contributed by atoms with van der Waals surface area (Å²) in [5.74, 6) is 1.08. The molecule has 0 aliphatic carbocycles. The third kappa shape index (κ3) is 6.09. The van der Waals surface area contributed by atoms with E-state index in [4.69, 9.17) is 24.4 Å². The molecule has 0 radical (unpaired) electrons. The van der Waals surface area contributed by atoms with Crippen LogP contribution in [0.25, 0.3) is 10.2 Å². The molecule has 2 fully saturated rings. The van der Waals surface area contributed by atoms with E-state index in [0.717, 1.165) is 77.0 Å². The van der Waals surface area contributed by atoms with Crippen molar-refractivity contribution in [2.24, 2.45) is 0 Å². The van der Waals surface area contributed by atoms with Gasteiger partial charge in [0.05, 0.1) is 27.6 Å². The highest BCUT2D eigenvalue weighted by molar-refractivity contribution is 7.18. The molecule has 11 nitrogen and oxygen atoms in total. The average Bonchev–Trinajstić information content (AvgIpc) is 3.38. The SMILES string of the molecule is C=CC(=O)N1CCN(c2nc(OCCNC3CCOCC3)nc3c2CCN(c2cc(O)cc4sc(C)nc24)C3)CC1. The van der Waals surface area contributed by atoms with Crippen LogP contribution in [0.2, 0.25) is 0 Å². The normalized spacial score (nSPS) is 18.0. The number of phenols is 1. The van der Waals surface area contributed by atoms with Crippen LogP contribution in [-0.2, 0) is 22.5 Å². The second-order valence-electron chi connectivity index (χ2n) is 10.7. The van der Waals surface area contributed by atoms with Crippen LogP contribution in [0, 0.1) is 6.92 Å². The number of thiazole rings is 1. The molecule has 218 valence electrons. The molecule has 1 amide bonds. The fourth-order valence-corrected chi connectivity index (χ4v) is 6.73. The number of fused-ring (bicyclic) bond motifs is 2. The number of piperazine rings is 1. The highest BCUT2D eigenvalue weighted by Gasteiger charge is 2.29. The van der Waals surface area contributed by atoms with Crippen LogP contribution in [0.1, 0.15) is 29.1 Å². The number of hydrogen-bond acceptors (Lipinski definition) is 11. The van der Waals surface area contributed by atoms with Crippen LogP contribution in [0.5, 0.6) is 11.8 Å². The smallest absolute Gasteiger partial charge is 0.318 e. The first-order valence-corrected chi connectivity index (χ1v) is 15.1. The zero-order valence-electron chi connectivity index (χ0n) is 23.5. The third-order valence-corrected chi connectivity index (χ3v) is 8.90. The van der Waals surface area contributed by atoms with Gasteiger partial charge in [-0.05, 0) is 38.3 Å². The number of hydrogen-bond donors (Lipinski definition) is 2. The third-order valence-electron chi connectivity index (χ3n) is 7.98. The molecule has 3 aliphatic heterocycles. The lowest BCUT2D eigenvalue weighted by atomic mass is 10.0. The van der Waals surface area contributed by atoms with Gasteiger partial charge >= 0.3 is 6.01 Å². The lowest BCUT2D eigenvalue weighted by Gasteiger charge is -2.38. The van der Waals surface area contributed by atoms with Gasteiger partial charge in [0.1, 0.15) is 23.7 Å². The topological polar surface area (TPSA) is 116 Å². The van der Waals surface area contributed by atoms with Gasteiger partial charge in [0.2, 0.25) is 5.91 Å². The molecule has 2 saturated heterocycles. The fraction of sp³-hybridized carbons (Fsp3) is 0.517. The van der Waals surface area contributed by atoms with E-state index in [1.165, 1.54) is 6.08 Å². The number of nitrogens with one attached hydrogen (secondary N) is 1. The van der Waals surface area contributed by atoms with Crippen molar-refractivity contribution in [2.45, 2.75) is 38.8 Å². The Bertz CT molecular complexity index is 1420. The van der Waals surface area contributed by atoms with E-state index < -0.39 is 0 Å². The predicted molar refractivity (Wildman–Crippen MR) is 159 cm³/mol. The van der Waals surface area contributed by atoms with Gasteiger partial charge in [-0.1, -0.05) is 6.58 Å². The summed E-state index contributed by atoms with van der Waals surface area (Å²) in [4.78, 5) is 33.0. The van der Waals surface area contributed by atoms with Gasteiger partial charge in [-0.25, -0.2) is 4.98 Å². The summed E-state index contributed by atoms with van der Waals surface area (Å²) in [6, 6.07) is 4.39. The fourth-order valence-electron chi connectivity index (χ4n) is 5.84. The number of amides is 1. The van der Waals surface area contributed by atoms with E-state index in [9.17, 15) is 9.90 Å². The summed E-state index contributed by atoms with van der Waals surface area (Å²) < 4.78 is 12.5. The van der Waals surface area contributed by atoms with Crippen molar-refractivity contribution >= 4 is 39.0 Å². The lowest BCUT2D eigenvalue weighted by molar-refractivity contribution is -0.126. The van der Waals surface area contributed by atoms with Crippen molar-refractivity contribution in [1.29, 1.82) is 0 Å². The molecule has 0 spiro atoms. The van der Waals surface area contributed by atoms with E-state index in [2.05, 4.69) is 21.7 Å². The van der Waals surface area contributed by atoms with Crippen LogP contribution in [0.15, 0.2) is 24.8 Å². The van der Waals surface area contributed by atoms with Crippen molar-refractivity contribution in [3.63, 3.8) is 0 Å². The van der Waals surface area contributed by atoms with Crippen LogP contribution >= 0.6 is 11.3 Å². The largest absolute Gasteiger partial charge is 0.508 e. The summed E-state index contributed by atoms with van der Waals surface area (Å²) in [6.45, 7) is 12.3. The number of aryl methyl sites for hydroxylation is 1. The number of benzene rings is 1. The van der Waals surface area contributed by atoms with E-state index in [1.54, 1.807) is 23.5 Å². The molecule has 0 bridgehead atoms. The Labute approximate surface area is 243 Å². The van der Waals surface area contributed by atoms with Crippen molar-refractivity contribution in [3.05, 3.63) is 41.1 Å². The maximum Gasteiger partial charge on any atom is 0.318 e. The lowest BCUT2D eigenvalue weighted by Crippen LogP contribution is -2.49. The Morgan fingerprint density at radius 1 is 1.17 bits per heavy atom. The van der Waals surface area contributed by atoms with Gasteiger partial charge < -0.3 is 34.6 Å². The average molecular weight is 580 g/mol. The molecule has 3 aliphatic rings. The summed E-state index contributed by atoms with van der Waals surface area (Å²) >= 11 is 1.58. The zero-order valence-corrected chi connectivity index (χ0v) is 24.3. The highest BCUT2D eigenvalue weighted by Crippen LogP contribution is 2.38. The Morgan fingerprint density at radius 2 is 1.98 bits per heavy atom. The minimum absolute atomic E-state index is 0.0410. The Hall–Kier alpha value is -3.48. The Morgan fingerprint density at radius 3 is 2.76 bits per heavy atom. The first-order valence-electron chi connectivity index (χ1n) is 14.3. The van der Waals surface area contributed by atoms with Gasteiger partial charge in [-0.3, -0.25) is 4.79 Å². The first kappa shape index (κ1) is 27.7. The number of rotatable bonds is 8. The number of carbonyl (C=O) groups is 1. The van der Waals surface area contributed by atoms with Gasteiger partial charge in [0.25, 0.3) is 0 Å². The second kappa shape index (κ2) is 12.2. The van der Waals surface area contributed by atoms with Crippen LogP contribution < -0.4 is 19.9 Å². The molecule has 0 saturated carbocycles. The molecule has 6 rings (SSSR count). The standard InChI is InChI=1S/C29H37N7O4S/c1-3-26(38)34-9-11-35(12-10-34)28-22-4-8-36(24-16-21(37)17-25-27(24)31-19(2)41-25)18-23(22)32-29(33-28)40-15-7-30-20-5-13-39-14-6-20/h3,16-17,20,30,37H,1,4-15,18H2,2H3. The summed E-state index contributed by atoms with van der Waals surface area (Å²) in [7, 11) is 0. The number of carbonyl (C=O) groups excluding carboxylic acids is 1. The molecular formula is C29H37N7O4S. The zero-order chi connectivity index (χ0) is 28.3. The molecule has 5 heterocycles. The minimum atomic E-state index is -0.0410. The molecule has 12 heteroatoms. The first-order chi connectivity index (χ1) is 20.0. The van der Waals surface area contributed by atoms with Crippen molar-refractivity contribution in [3.8, 4) is 11.8 Å². The number of aromatic nitrogens is 3. The van der Waals surface area contributed by atoms with Gasteiger partial charge in [-0.15, -0.1) is 11.3 Å². The van der Waals surface area contributed by atoms with Crippen molar-refractivity contribution < 1.29 is 19.4 Å². The molecule has 1 aromatic carbocycles. The number of nitrogens with zero attached hydrogens (tertiary/aromatic N) is 6. The van der Waals surface area contributed by atoms with Crippen LogP contribution in [0.4, 0.5) is 11.5 Å². The predicted octanol–water partition coefficient (Wildman–Crippen LogP) is 2.65. The second-order valence-corrected chi connectivity index (χ2v) is 11.9. The summed E-state index contributed by atoms with van der Waals surface area (Å²) in [5, 5.41) is 15.0. The highest BCUT2D eigenvalue weighted by atomic mass is 32.1. The number of anilines is 2. The van der Waals surface area contributed by atoms with Gasteiger partial charge in [0.15, 0.2) is 0 Å². The molecule has 0 unspecified atom stereocenters. The van der Waals surface area contributed by atoms with Gasteiger partial charge in [-0.2, -0.15) is 9.97 Å². The number of aromatic hydroxyl groups is 1. The van der Waals surface area contributed by atoms with Crippen LogP contribution in [0.3, 0.4) is 0 Å². The molecule has 3 aromatic rings. The monoisotopic (exact) mass is 579 g/mol.